The lowest BCUT2D eigenvalue weighted by molar-refractivity contribution is -0.142. The number of amides is 1. The zero-order valence-corrected chi connectivity index (χ0v) is 21.0. The number of nitrogens with zero attached hydrogens (tertiary/aromatic N) is 4. The molecule has 0 atom stereocenters. The highest BCUT2D eigenvalue weighted by Crippen LogP contribution is 2.27. The summed E-state index contributed by atoms with van der Waals surface area (Å²) in [6.45, 7) is 4.22. The molecule has 0 aliphatic rings. The predicted octanol–water partition coefficient (Wildman–Crippen LogP) is 3.52. The van der Waals surface area contributed by atoms with Crippen molar-refractivity contribution in [2.24, 2.45) is 5.73 Å². The van der Waals surface area contributed by atoms with E-state index in [-0.39, 0.29) is 25.4 Å². The van der Waals surface area contributed by atoms with E-state index in [0.29, 0.717) is 46.4 Å². The van der Waals surface area contributed by atoms with E-state index in [9.17, 15) is 9.59 Å². The molecule has 12 nitrogen and oxygen atoms in total. The molecule has 0 spiro atoms. The molecule has 12 heteroatoms. The van der Waals surface area contributed by atoms with E-state index in [1.165, 1.54) is 11.1 Å². The standard InChI is InChI=1S/C26H28N8O4/c1-3-37-23(35)11-13-34(22-6-4-5-12-29-22)26(36)38-19-9-8-18-24(16(19)2)33-21(32-18)15-31-20-10-7-17(14-30-20)25(27)28/h4-10,12,14H,3,11,13,15H2,1-2H3,(H3,27,28)(H,30,31)(H,32,33). The van der Waals surface area contributed by atoms with Gasteiger partial charge in [-0.2, -0.15) is 0 Å². The fourth-order valence-electron chi connectivity index (χ4n) is 3.67. The molecule has 0 bridgehead atoms. The van der Waals surface area contributed by atoms with Gasteiger partial charge in [0, 0.05) is 30.1 Å². The van der Waals surface area contributed by atoms with E-state index < -0.39 is 12.1 Å². The minimum Gasteiger partial charge on any atom is -0.466 e. The minimum absolute atomic E-state index is 0.000403. The first-order valence-electron chi connectivity index (χ1n) is 11.9. The number of rotatable bonds is 10. The summed E-state index contributed by atoms with van der Waals surface area (Å²) in [4.78, 5) is 42.7. The highest BCUT2D eigenvalue weighted by Gasteiger charge is 2.22. The van der Waals surface area contributed by atoms with Gasteiger partial charge in [0.05, 0.1) is 30.6 Å². The topological polar surface area (TPSA) is 172 Å². The summed E-state index contributed by atoms with van der Waals surface area (Å²) in [5.74, 6) is 1.51. The van der Waals surface area contributed by atoms with Crippen molar-refractivity contribution in [1.29, 1.82) is 5.41 Å². The number of fused-ring (bicyclic) bond motifs is 1. The lowest BCUT2D eigenvalue weighted by atomic mass is 10.2. The number of anilines is 2. The van der Waals surface area contributed by atoms with E-state index in [1.807, 2.05) is 6.92 Å². The Morgan fingerprint density at radius 1 is 1.16 bits per heavy atom. The van der Waals surface area contributed by atoms with E-state index in [0.717, 1.165) is 5.52 Å². The van der Waals surface area contributed by atoms with E-state index in [2.05, 4.69) is 25.3 Å². The van der Waals surface area contributed by atoms with Gasteiger partial charge in [-0.15, -0.1) is 0 Å². The largest absolute Gasteiger partial charge is 0.466 e. The number of nitrogens with one attached hydrogen (secondary N) is 3. The first-order valence-corrected chi connectivity index (χ1v) is 11.9. The number of hydrogen-bond acceptors (Lipinski definition) is 9. The number of amidine groups is 1. The Kier molecular flexibility index (Phi) is 8.11. The number of carbonyl (C=O) groups is 2. The molecule has 5 N–H and O–H groups in total. The molecular formula is C26H28N8O4. The molecule has 4 aromatic rings. The van der Waals surface area contributed by atoms with Crippen LogP contribution in [0.3, 0.4) is 0 Å². The number of pyridine rings is 2. The van der Waals surface area contributed by atoms with Crippen LogP contribution in [0.4, 0.5) is 16.4 Å². The number of benzene rings is 1. The van der Waals surface area contributed by atoms with Gasteiger partial charge < -0.3 is 25.5 Å². The Bertz CT molecular complexity index is 1440. The number of aryl methyl sites for hydroxylation is 1. The Labute approximate surface area is 218 Å². The summed E-state index contributed by atoms with van der Waals surface area (Å²) in [5.41, 5.74) is 8.12. The molecule has 0 aliphatic heterocycles. The average Bonchev–Trinajstić information content (AvgIpc) is 3.34. The van der Waals surface area contributed by atoms with Gasteiger partial charge in [-0.05, 0) is 50.2 Å². The summed E-state index contributed by atoms with van der Waals surface area (Å²) in [7, 11) is 0. The Morgan fingerprint density at radius 2 is 2.00 bits per heavy atom. The summed E-state index contributed by atoms with van der Waals surface area (Å²) >= 11 is 0. The molecule has 4 rings (SSSR count). The Morgan fingerprint density at radius 3 is 2.68 bits per heavy atom. The number of hydrogen-bond donors (Lipinski definition) is 4. The molecule has 196 valence electrons. The number of nitrogen functional groups attached to an aromatic ring is 1. The van der Waals surface area contributed by atoms with Gasteiger partial charge in [0.25, 0.3) is 0 Å². The molecule has 0 saturated heterocycles. The van der Waals surface area contributed by atoms with Crippen LogP contribution in [-0.2, 0) is 16.1 Å². The summed E-state index contributed by atoms with van der Waals surface area (Å²) < 4.78 is 10.7. The molecule has 0 saturated carbocycles. The average molecular weight is 517 g/mol. The van der Waals surface area contributed by atoms with Crippen molar-refractivity contribution in [2.75, 3.05) is 23.4 Å². The lowest BCUT2D eigenvalue weighted by Crippen LogP contribution is -2.36. The van der Waals surface area contributed by atoms with Crippen LogP contribution in [0.5, 0.6) is 5.75 Å². The fourth-order valence-corrected chi connectivity index (χ4v) is 3.67. The third-order valence-electron chi connectivity index (χ3n) is 5.61. The normalized spacial score (nSPS) is 10.7. The van der Waals surface area contributed by atoms with E-state index in [1.54, 1.807) is 55.6 Å². The number of ether oxygens (including phenoxy) is 2. The molecule has 1 aromatic carbocycles. The smallest absolute Gasteiger partial charge is 0.420 e. The number of carbonyl (C=O) groups excluding carboxylic acids is 2. The first-order chi connectivity index (χ1) is 18.4. The van der Waals surface area contributed by atoms with Gasteiger partial charge in [-0.3, -0.25) is 15.1 Å². The van der Waals surface area contributed by atoms with Crippen LogP contribution in [0.15, 0.2) is 54.9 Å². The minimum atomic E-state index is -0.673. The maximum absolute atomic E-state index is 13.1. The molecule has 0 radical (unpaired) electrons. The molecule has 1 amide bonds. The van der Waals surface area contributed by atoms with E-state index in [4.69, 9.17) is 20.6 Å². The molecule has 3 heterocycles. The van der Waals surface area contributed by atoms with Crippen molar-refractivity contribution in [2.45, 2.75) is 26.8 Å². The highest BCUT2D eigenvalue weighted by atomic mass is 16.6. The second kappa shape index (κ2) is 11.8. The van der Waals surface area contributed by atoms with Crippen LogP contribution in [0, 0.1) is 12.3 Å². The SMILES string of the molecule is CCOC(=O)CCN(C(=O)Oc1ccc2[nH]c(CNc3ccc(C(=N)N)cn3)nc2c1C)c1ccccn1. The Balaban J connectivity index is 1.48. The van der Waals surface area contributed by atoms with Gasteiger partial charge in [0.15, 0.2) is 0 Å². The second-order valence-electron chi connectivity index (χ2n) is 8.23. The molecule has 0 fully saturated rings. The zero-order chi connectivity index (χ0) is 27.1. The molecule has 38 heavy (non-hydrogen) atoms. The van der Waals surface area contributed by atoms with Crippen LogP contribution in [0.2, 0.25) is 0 Å². The quantitative estimate of drug-likeness (QED) is 0.140. The van der Waals surface area contributed by atoms with Crippen LogP contribution in [-0.4, -0.2) is 51.0 Å². The number of esters is 1. The number of aromatic nitrogens is 4. The summed E-state index contributed by atoms with van der Waals surface area (Å²) in [6, 6.07) is 12.1. The molecule has 0 aliphatic carbocycles. The number of aromatic amines is 1. The van der Waals surface area contributed by atoms with Crippen molar-refractivity contribution in [3.63, 3.8) is 0 Å². The van der Waals surface area contributed by atoms with Crippen LogP contribution in [0.1, 0.15) is 30.3 Å². The molecule has 3 aromatic heterocycles. The first kappa shape index (κ1) is 26.1. The maximum Gasteiger partial charge on any atom is 0.420 e. The molecule has 0 unspecified atom stereocenters. The van der Waals surface area contributed by atoms with Crippen LogP contribution < -0.4 is 20.7 Å². The van der Waals surface area contributed by atoms with Gasteiger partial charge >= 0.3 is 12.1 Å². The number of nitrogens with two attached hydrogens (primary N) is 1. The van der Waals surface area contributed by atoms with Crippen LogP contribution in [0.25, 0.3) is 11.0 Å². The van der Waals surface area contributed by atoms with Crippen molar-refractivity contribution >= 4 is 40.6 Å². The van der Waals surface area contributed by atoms with Gasteiger partial charge in [0.1, 0.15) is 29.0 Å². The van der Waals surface area contributed by atoms with Gasteiger partial charge in [-0.25, -0.2) is 19.7 Å². The van der Waals surface area contributed by atoms with Crippen molar-refractivity contribution in [3.05, 3.63) is 71.8 Å². The van der Waals surface area contributed by atoms with E-state index >= 15 is 0 Å². The lowest BCUT2D eigenvalue weighted by Gasteiger charge is -2.21. The van der Waals surface area contributed by atoms with Crippen LogP contribution >= 0.6 is 0 Å². The second-order valence-corrected chi connectivity index (χ2v) is 8.23. The van der Waals surface area contributed by atoms with Gasteiger partial charge in [0.2, 0.25) is 0 Å². The Hall–Kier alpha value is -5.00. The number of imidazole rings is 1. The monoisotopic (exact) mass is 516 g/mol. The fraction of sp³-hybridized carbons (Fsp3) is 0.231. The maximum atomic E-state index is 13.1. The zero-order valence-electron chi connectivity index (χ0n) is 21.0. The third kappa shape index (κ3) is 6.22. The van der Waals surface area contributed by atoms with Crippen molar-refractivity contribution in [1.82, 2.24) is 19.9 Å². The predicted molar refractivity (Wildman–Crippen MR) is 142 cm³/mol. The summed E-state index contributed by atoms with van der Waals surface area (Å²) in [5, 5.41) is 10.6. The van der Waals surface area contributed by atoms with Gasteiger partial charge in [-0.1, -0.05) is 6.07 Å². The van der Waals surface area contributed by atoms with Crippen molar-refractivity contribution in [3.8, 4) is 5.75 Å². The number of H-pyrrole nitrogens is 1. The molecular weight excluding hydrogens is 488 g/mol. The highest BCUT2D eigenvalue weighted by molar-refractivity contribution is 5.94. The van der Waals surface area contributed by atoms with Crippen molar-refractivity contribution < 1.29 is 19.1 Å². The summed E-state index contributed by atoms with van der Waals surface area (Å²) in [6.07, 6.45) is 2.41. The third-order valence-corrected chi connectivity index (χ3v) is 5.61.